The van der Waals surface area contributed by atoms with Crippen molar-refractivity contribution in [3.8, 4) is 0 Å². The minimum atomic E-state index is -1.13. The Morgan fingerprint density at radius 3 is 1.97 bits per heavy atom. The molecule has 0 aromatic carbocycles. The standard InChI is InChI=1S/C24H42N4O4/c1-2-3-4-5-6-7-8-9-10-11-12-13-14-15-22(29)26-18-23(30)28-21(24(31)32)16-20-17-25-19-27-20/h17,19,21H,2-16,18H2,1H3,(H,25,27)(H,26,29)(H,28,30)(H,31,32). The van der Waals surface area contributed by atoms with Gasteiger partial charge < -0.3 is 20.7 Å². The van der Waals surface area contributed by atoms with Crippen molar-refractivity contribution in [2.45, 2.75) is 109 Å². The molecule has 0 aliphatic heterocycles. The van der Waals surface area contributed by atoms with Gasteiger partial charge in [0.25, 0.3) is 0 Å². The van der Waals surface area contributed by atoms with Gasteiger partial charge in [-0.2, -0.15) is 0 Å². The Morgan fingerprint density at radius 2 is 1.47 bits per heavy atom. The molecule has 1 aromatic heterocycles. The quantitative estimate of drug-likeness (QED) is 0.222. The van der Waals surface area contributed by atoms with Gasteiger partial charge in [0, 0.05) is 24.7 Å². The molecule has 2 amide bonds. The van der Waals surface area contributed by atoms with Gasteiger partial charge in [-0.15, -0.1) is 0 Å². The van der Waals surface area contributed by atoms with Crippen LogP contribution in [0.1, 0.15) is 103 Å². The van der Waals surface area contributed by atoms with Gasteiger partial charge in [-0.05, 0) is 6.42 Å². The number of unbranched alkanes of at least 4 members (excludes halogenated alkanes) is 12. The maximum Gasteiger partial charge on any atom is 0.326 e. The molecule has 0 radical (unpaired) electrons. The second-order valence-corrected chi connectivity index (χ2v) is 8.51. The molecule has 32 heavy (non-hydrogen) atoms. The molecule has 1 unspecified atom stereocenters. The van der Waals surface area contributed by atoms with Crippen LogP contribution in [0.5, 0.6) is 0 Å². The van der Waals surface area contributed by atoms with Crippen molar-refractivity contribution in [3.63, 3.8) is 0 Å². The Balaban J connectivity index is 1.98. The summed E-state index contributed by atoms with van der Waals surface area (Å²) in [5.74, 6) is -1.83. The van der Waals surface area contributed by atoms with E-state index in [4.69, 9.17) is 0 Å². The number of hydrogen-bond acceptors (Lipinski definition) is 4. The van der Waals surface area contributed by atoms with E-state index in [0.717, 1.165) is 19.3 Å². The third-order valence-electron chi connectivity index (χ3n) is 5.57. The van der Waals surface area contributed by atoms with E-state index in [1.165, 1.54) is 76.7 Å². The third kappa shape index (κ3) is 14.6. The molecule has 8 nitrogen and oxygen atoms in total. The minimum absolute atomic E-state index is 0.105. The van der Waals surface area contributed by atoms with Crippen LogP contribution in [0.3, 0.4) is 0 Å². The van der Waals surface area contributed by atoms with Gasteiger partial charge in [0.2, 0.25) is 11.8 Å². The van der Waals surface area contributed by atoms with E-state index in [1.807, 2.05) is 0 Å². The van der Waals surface area contributed by atoms with Gasteiger partial charge in [0.05, 0.1) is 12.9 Å². The SMILES string of the molecule is CCCCCCCCCCCCCCCC(=O)NCC(=O)NC(Cc1cnc[nH]1)C(=O)O. The van der Waals surface area contributed by atoms with E-state index in [1.54, 1.807) is 0 Å². The van der Waals surface area contributed by atoms with E-state index in [0.29, 0.717) is 12.1 Å². The number of aromatic amines is 1. The molecule has 8 heteroatoms. The van der Waals surface area contributed by atoms with Crippen LogP contribution >= 0.6 is 0 Å². The summed E-state index contributed by atoms with van der Waals surface area (Å²) in [4.78, 5) is 41.8. The lowest BCUT2D eigenvalue weighted by Crippen LogP contribution is -2.46. The molecule has 1 rings (SSSR count). The van der Waals surface area contributed by atoms with Gasteiger partial charge >= 0.3 is 5.97 Å². The average Bonchev–Trinajstić information content (AvgIpc) is 3.28. The smallest absolute Gasteiger partial charge is 0.326 e. The summed E-state index contributed by atoms with van der Waals surface area (Å²) in [6, 6.07) is -1.07. The van der Waals surface area contributed by atoms with Gasteiger partial charge in [-0.3, -0.25) is 9.59 Å². The monoisotopic (exact) mass is 450 g/mol. The molecular weight excluding hydrogens is 408 g/mol. The number of nitrogens with zero attached hydrogens (tertiary/aromatic N) is 1. The van der Waals surface area contributed by atoms with Gasteiger partial charge in [0.1, 0.15) is 6.04 Å². The number of imidazole rings is 1. The molecule has 1 heterocycles. The first-order valence-electron chi connectivity index (χ1n) is 12.3. The molecule has 4 N–H and O–H groups in total. The predicted molar refractivity (Wildman–Crippen MR) is 125 cm³/mol. The van der Waals surface area contributed by atoms with Crippen molar-refractivity contribution in [3.05, 3.63) is 18.2 Å². The number of aromatic nitrogens is 2. The molecule has 1 atom stereocenters. The van der Waals surface area contributed by atoms with E-state index in [9.17, 15) is 19.5 Å². The van der Waals surface area contributed by atoms with Crippen LogP contribution in [0.4, 0.5) is 0 Å². The van der Waals surface area contributed by atoms with Crippen LogP contribution in [0.15, 0.2) is 12.5 Å². The second-order valence-electron chi connectivity index (χ2n) is 8.51. The fourth-order valence-electron chi connectivity index (χ4n) is 3.63. The number of nitrogens with one attached hydrogen (secondary N) is 3. The first-order valence-corrected chi connectivity index (χ1v) is 12.3. The maximum absolute atomic E-state index is 12.0. The number of carbonyl (C=O) groups is 3. The number of H-pyrrole nitrogens is 1. The molecule has 0 aliphatic rings. The summed E-state index contributed by atoms with van der Waals surface area (Å²) >= 11 is 0. The predicted octanol–water partition coefficient (Wildman–Crippen LogP) is 4.12. The summed E-state index contributed by atoms with van der Waals surface area (Å²) in [6.07, 6.45) is 19.7. The molecule has 0 bridgehead atoms. The molecule has 0 fully saturated rings. The van der Waals surface area contributed by atoms with Gasteiger partial charge in [-0.1, -0.05) is 84.0 Å². The Hall–Kier alpha value is -2.38. The first kappa shape index (κ1) is 27.7. The molecule has 1 aromatic rings. The molecule has 0 spiro atoms. The van der Waals surface area contributed by atoms with Crippen LogP contribution in [0, 0.1) is 0 Å². The van der Waals surface area contributed by atoms with Crippen molar-refractivity contribution < 1.29 is 19.5 Å². The molecule has 0 aliphatic carbocycles. The Bertz CT molecular complexity index is 634. The zero-order valence-electron chi connectivity index (χ0n) is 19.7. The highest BCUT2D eigenvalue weighted by atomic mass is 16.4. The topological polar surface area (TPSA) is 124 Å². The van der Waals surface area contributed by atoms with E-state index < -0.39 is 17.9 Å². The van der Waals surface area contributed by atoms with Gasteiger partial charge in [-0.25, -0.2) is 9.78 Å². The van der Waals surface area contributed by atoms with E-state index >= 15 is 0 Å². The lowest BCUT2D eigenvalue weighted by Gasteiger charge is -2.14. The molecule has 0 saturated heterocycles. The van der Waals surface area contributed by atoms with Crippen molar-refractivity contribution in [2.24, 2.45) is 0 Å². The van der Waals surface area contributed by atoms with Crippen LogP contribution in [0.25, 0.3) is 0 Å². The number of rotatable bonds is 20. The summed E-state index contributed by atoms with van der Waals surface area (Å²) in [6.45, 7) is 2.03. The van der Waals surface area contributed by atoms with Crippen molar-refractivity contribution in [1.82, 2.24) is 20.6 Å². The Labute approximate surface area is 192 Å². The summed E-state index contributed by atoms with van der Waals surface area (Å²) < 4.78 is 0. The largest absolute Gasteiger partial charge is 0.480 e. The number of aliphatic carboxylic acids is 1. The number of carboxylic acid groups (broad SMARTS) is 1. The van der Waals surface area contributed by atoms with E-state index in [2.05, 4.69) is 27.5 Å². The van der Waals surface area contributed by atoms with Crippen molar-refractivity contribution >= 4 is 17.8 Å². The fraction of sp³-hybridized carbons (Fsp3) is 0.750. The summed E-state index contributed by atoms with van der Waals surface area (Å²) in [5.41, 5.74) is 0.615. The summed E-state index contributed by atoms with van der Waals surface area (Å²) in [5, 5.41) is 14.2. The normalized spacial score (nSPS) is 11.8. The number of amides is 2. The second kappa shape index (κ2) is 18.2. The fourth-order valence-corrected chi connectivity index (χ4v) is 3.63. The zero-order chi connectivity index (χ0) is 23.4. The highest BCUT2D eigenvalue weighted by molar-refractivity contribution is 5.87. The van der Waals surface area contributed by atoms with Gasteiger partial charge in [0.15, 0.2) is 0 Å². The van der Waals surface area contributed by atoms with Crippen LogP contribution < -0.4 is 10.6 Å². The number of hydrogen-bond donors (Lipinski definition) is 4. The molecular formula is C24H42N4O4. The van der Waals surface area contributed by atoms with Crippen LogP contribution in [0.2, 0.25) is 0 Å². The lowest BCUT2D eigenvalue weighted by atomic mass is 10.0. The molecule has 0 saturated carbocycles. The van der Waals surface area contributed by atoms with Crippen LogP contribution in [-0.2, 0) is 20.8 Å². The Morgan fingerprint density at radius 1 is 0.906 bits per heavy atom. The Kier molecular flexibility index (Phi) is 15.7. The first-order chi connectivity index (χ1) is 15.5. The average molecular weight is 451 g/mol. The minimum Gasteiger partial charge on any atom is -0.480 e. The van der Waals surface area contributed by atoms with Crippen LogP contribution in [-0.4, -0.2) is 45.4 Å². The van der Waals surface area contributed by atoms with Crippen molar-refractivity contribution in [1.29, 1.82) is 0 Å². The highest BCUT2D eigenvalue weighted by Crippen LogP contribution is 2.12. The third-order valence-corrected chi connectivity index (χ3v) is 5.57. The summed E-state index contributed by atoms with van der Waals surface area (Å²) in [7, 11) is 0. The highest BCUT2D eigenvalue weighted by Gasteiger charge is 2.21. The zero-order valence-corrected chi connectivity index (χ0v) is 19.7. The lowest BCUT2D eigenvalue weighted by molar-refractivity contribution is -0.141. The van der Waals surface area contributed by atoms with Crippen molar-refractivity contribution in [2.75, 3.05) is 6.54 Å². The number of carbonyl (C=O) groups excluding carboxylic acids is 2. The van der Waals surface area contributed by atoms with E-state index in [-0.39, 0.29) is 18.9 Å². The number of carboxylic acids is 1. The maximum atomic E-state index is 12.0. The molecule has 182 valence electrons.